The molecule has 0 saturated heterocycles. The molecule has 184 valence electrons. The van der Waals surface area contributed by atoms with E-state index in [9.17, 15) is 5.26 Å². The number of unbranched alkanes of at least 4 members (excludes halogenated alkanes) is 1. The van der Waals surface area contributed by atoms with Gasteiger partial charge in [0.2, 0.25) is 0 Å². The van der Waals surface area contributed by atoms with Crippen molar-refractivity contribution < 1.29 is 4.74 Å². The first-order valence-corrected chi connectivity index (χ1v) is 13.4. The second kappa shape index (κ2) is 11.6. The summed E-state index contributed by atoms with van der Waals surface area (Å²) < 4.78 is 6.48. The molecule has 2 saturated carbocycles. The van der Waals surface area contributed by atoms with Gasteiger partial charge < -0.3 is 9.64 Å². The maximum atomic E-state index is 9.41. The number of nitriles is 1. The zero-order chi connectivity index (χ0) is 24.1. The predicted molar refractivity (Wildman–Crippen MR) is 140 cm³/mol. The van der Waals surface area contributed by atoms with Crippen LogP contribution in [-0.4, -0.2) is 55.7 Å². The molecule has 4 rings (SSSR count). The number of benzene rings is 1. The maximum Gasteiger partial charge on any atom is 0.116 e. The number of hydrogen-bond donors (Lipinski definition) is 0. The van der Waals surface area contributed by atoms with Gasteiger partial charge in [-0.1, -0.05) is 31.9 Å². The van der Waals surface area contributed by atoms with Gasteiger partial charge in [0.25, 0.3) is 0 Å². The highest BCUT2D eigenvalue weighted by atomic mass is 16.5. The van der Waals surface area contributed by atoms with Gasteiger partial charge in [0.05, 0.1) is 30.3 Å². The molecule has 0 spiro atoms. The topological polar surface area (TPSA) is 61.0 Å². The van der Waals surface area contributed by atoms with Gasteiger partial charge in [-0.2, -0.15) is 5.26 Å². The highest BCUT2D eigenvalue weighted by Crippen LogP contribution is 2.37. The highest BCUT2D eigenvalue weighted by Gasteiger charge is 2.37. The second-order valence-corrected chi connectivity index (χ2v) is 11.0. The number of ether oxygens (including phenoxy) is 1. The zero-order valence-electron chi connectivity index (χ0n) is 21.6. The quantitative estimate of drug-likeness (QED) is 0.346. The average Bonchev–Trinajstić information content (AvgIpc) is 3.36. The fraction of sp³-hybridized carbons (Fsp3) is 0.690. The molecule has 1 aromatic carbocycles. The van der Waals surface area contributed by atoms with Crippen LogP contribution >= 0.6 is 0 Å². The number of aryl methyl sites for hydroxylation is 1. The monoisotopic (exact) mass is 462 g/mol. The summed E-state index contributed by atoms with van der Waals surface area (Å²) in [7, 11) is 4.29. The Labute approximate surface area is 206 Å². The molecule has 4 unspecified atom stereocenters. The van der Waals surface area contributed by atoms with Crippen molar-refractivity contribution in [1.29, 1.82) is 5.26 Å². The molecule has 0 amide bonds. The van der Waals surface area contributed by atoms with Crippen LogP contribution in [-0.2, 0) is 11.2 Å². The molecular weight excluding hydrogens is 420 g/mol. The maximum absolute atomic E-state index is 9.41. The van der Waals surface area contributed by atoms with Crippen molar-refractivity contribution in [3.05, 3.63) is 29.3 Å². The standard InChI is InChI=1S/C29H42N4O/c1-20-15-28-27(17-25(20)18-30)31-19-29(34-28)21(2)32-26-13-12-23(22-9-5-6-10-22)16-24(26)11-7-8-14-33(3)4/h12-13,16,20,22,25,28-29H,5-11,14-15,17,19H2,1-4H3. The van der Waals surface area contributed by atoms with E-state index in [1.807, 2.05) is 0 Å². The van der Waals surface area contributed by atoms with Crippen molar-refractivity contribution in [3.63, 3.8) is 0 Å². The Morgan fingerprint density at radius 3 is 2.76 bits per heavy atom. The minimum atomic E-state index is -0.0734. The molecule has 4 atom stereocenters. The van der Waals surface area contributed by atoms with Crippen LogP contribution in [0.2, 0.25) is 0 Å². The molecular formula is C29H42N4O. The number of aliphatic imine (C=N–C) groups is 2. The van der Waals surface area contributed by atoms with E-state index >= 15 is 0 Å². The lowest BCUT2D eigenvalue weighted by atomic mass is 9.78. The van der Waals surface area contributed by atoms with Gasteiger partial charge in [-0.15, -0.1) is 0 Å². The van der Waals surface area contributed by atoms with Crippen LogP contribution in [0.1, 0.15) is 82.3 Å². The summed E-state index contributed by atoms with van der Waals surface area (Å²) in [4.78, 5) is 12.2. The molecule has 1 aliphatic heterocycles. The molecule has 3 aliphatic rings. The fourth-order valence-electron chi connectivity index (χ4n) is 5.77. The third-order valence-corrected chi connectivity index (χ3v) is 8.02. The van der Waals surface area contributed by atoms with Gasteiger partial charge >= 0.3 is 0 Å². The van der Waals surface area contributed by atoms with Crippen LogP contribution in [0.25, 0.3) is 0 Å². The van der Waals surface area contributed by atoms with Crippen molar-refractivity contribution in [3.8, 4) is 6.07 Å². The lowest BCUT2D eigenvalue weighted by Gasteiger charge is -2.37. The first-order chi connectivity index (χ1) is 16.4. The zero-order valence-corrected chi connectivity index (χ0v) is 21.6. The predicted octanol–water partition coefficient (Wildman–Crippen LogP) is 6.10. The van der Waals surface area contributed by atoms with Gasteiger partial charge in [0.1, 0.15) is 6.10 Å². The Balaban J connectivity index is 1.50. The van der Waals surface area contributed by atoms with Crippen LogP contribution in [0.5, 0.6) is 0 Å². The van der Waals surface area contributed by atoms with E-state index < -0.39 is 0 Å². The second-order valence-electron chi connectivity index (χ2n) is 11.0. The molecule has 1 heterocycles. The average molecular weight is 463 g/mol. The number of hydrogen-bond acceptors (Lipinski definition) is 5. The lowest BCUT2D eigenvalue weighted by molar-refractivity contribution is 0.0332. The van der Waals surface area contributed by atoms with Crippen LogP contribution in [0.15, 0.2) is 28.2 Å². The van der Waals surface area contributed by atoms with E-state index in [1.165, 1.54) is 49.7 Å². The molecule has 5 heteroatoms. The summed E-state index contributed by atoms with van der Waals surface area (Å²) in [5, 5.41) is 9.41. The van der Waals surface area contributed by atoms with Gasteiger partial charge in [0.15, 0.2) is 0 Å². The van der Waals surface area contributed by atoms with Gasteiger partial charge in [-0.05, 0) is 95.1 Å². The number of fused-ring (bicyclic) bond motifs is 1. The van der Waals surface area contributed by atoms with Crippen LogP contribution in [0.3, 0.4) is 0 Å². The minimum Gasteiger partial charge on any atom is -0.361 e. The normalized spacial score (nSPS) is 28.0. The Morgan fingerprint density at radius 1 is 1.24 bits per heavy atom. The molecule has 1 aromatic rings. The largest absolute Gasteiger partial charge is 0.361 e. The van der Waals surface area contributed by atoms with Gasteiger partial charge in [0, 0.05) is 17.8 Å². The molecule has 0 N–H and O–H groups in total. The Morgan fingerprint density at radius 2 is 2.03 bits per heavy atom. The van der Waals surface area contributed by atoms with Gasteiger partial charge in [-0.3, -0.25) is 9.98 Å². The summed E-state index contributed by atoms with van der Waals surface area (Å²) in [5.41, 5.74) is 6.08. The molecule has 2 fully saturated rings. The Kier molecular flexibility index (Phi) is 8.55. The summed E-state index contributed by atoms with van der Waals surface area (Å²) in [6, 6.07) is 9.45. The lowest BCUT2D eigenvalue weighted by Crippen LogP contribution is -2.44. The molecule has 5 nitrogen and oxygen atoms in total. The Hall–Kier alpha value is -2.03. The van der Waals surface area contributed by atoms with E-state index in [0.29, 0.717) is 12.5 Å². The van der Waals surface area contributed by atoms with Crippen molar-refractivity contribution in [2.24, 2.45) is 21.8 Å². The first-order valence-electron chi connectivity index (χ1n) is 13.4. The van der Waals surface area contributed by atoms with E-state index in [1.54, 1.807) is 0 Å². The van der Waals surface area contributed by atoms with Gasteiger partial charge in [-0.25, -0.2) is 0 Å². The van der Waals surface area contributed by atoms with Crippen molar-refractivity contribution in [2.45, 2.75) is 89.8 Å². The summed E-state index contributed by atoms with van der Waals surface area (Å²) in [6.45, 7) is 6.00. The first kappa shape index (κ1) is 25.1. The minimum absolute atomic E-state index is 0.0405. The smallest absolute Gasteiger partial charge is 0.116 e. The van der Waals surface area contributed by atoms with E-state index in [-0.39, 0.29) is 18.1 Å². The molecule has 0 aromatic heterocycles. The van der Waals surface area contributed by atoms with Crippen molar-refractivity contribution in [1.82, 2.24) is 4.90 Å². The van der Waals surface area contributed by atoms with E-state index in [4.69, 9.17) is 14.7 Å². The SMILES string of the molecule is CC(=Nc1ccc(C2CCCC2)cc1CCCCN(C)C)C1CN=C2CC(C#N)C(C)CC2O1. The molecule has 0 radical (unpaired) electrons. The van der Waals surface area contributed by atoms with Crippen molar-refractivity contribution in [2.75, 3.05) is 27.2 Å². The van der Waals surface area contributed by atoms with Crippen LogP contribution in [0, 0.1) is 23.2 Å². The Bertz CT molecular complexity index is 938. The molecule has 2 aliphatic carbocycles. The molecule has 34 heavy (non-hydrogen) atoms. The fourth-order valence-corrected chi connectivity index (χ4v) is 5.77. The third kappa shape index (κ3) is 6.15. The van der Waals surface area contributed by atoms with E-state index in [0.717, 1.165) is 48.8 Å². The third-order valence-electron chi connectivity index (χ3n) is 8.02. The summed E-state index contributed by atoms with van der Waals surface area (Å²) in [6.07, 6.45) is 10.4. The van der Waals surface area contributed by atoms with Crippen LogP contribution < -0.4 is 0 Å². The van der Waals surface area contributed by atoms with E-state index in [2.05, 4.69) is 57.1 Å². The van der Waals surface area contributed by atoms with Crippen LogP contribution in [0.4, 0.5) is 5.69 Å². The molecule has 0 bridgehead atoms. The van der Waals surface area contributed by atoms with Crippen molar-refractivity contribution >= 4 is 17.1 Å². The number of nitrogens with zero attached hydrogens (tertiary/aromatic N) is 4. The number of rotatable bonds is 8. The summed E-state index contributed by atoms with van der Waals surface area (Å²) in [5.74, 6) is 1.14. The summed E-state index contributed by atoms with van der Waals surface area (Å²) >= 11 is 0. The highest BCUT2D eigenvalue weighted by molar-refractivity contribution is 5.94.